The van der Waals surface area contributed by atoms with Crippen molar-refractivity contribution in [2.24, 2.45) is 0 Å². The Kier molecular flexibility index (Phi) is 2.44. The lowest BCUT2D eigenvalue weighted by Gasteiger charge is -2.34. The normalized spacial score (nSPS) is 24.6. The fourth-order valence-electron chi connectivity index (χ4n) is 2.14. The highest BCUT2D eigenvalue weighted by atomic mass is 79.9. The van der Waals surface area contributed by atoms with Crippen molar-refractivity contribution in [3.63, 3.8) is 0 Å². The van der Waals surface area contributed by atoms with E-state index < -0.39 is 0 Å². The summed E-state index contributed by atoms with van der Waals surface area (Å²) < 4.78 is 8.34. The first-order valence-electron chi connectivity index (χ1n) is 5.32. The molecule has 1 aromatic carbocycles. The summed E-state index contributed by atoms with van der Waals surface area (Å²) in [6.07, 6.45) is 2.43. The Balaban J connectivity index is 1.99. The van der Waals surface area contributed by atoms with Gasteiger partial charge in [0.15, 0.2) is 0 Å². The molecule has 0 amide bonds. The van der Waals surface area contributed by atoms with Crippen LogP contribution in [0.1, 0.15) is 18.9 Å². The summed E-state index contributed by atoms with van der Waals surface area (Å²) >= 11 is 3.55. The summed E-state index contributed by atoms with van der Waals surface area (Å²) in [6, 6.07) is 6.41. The van der Waals surface area contributed by atoms with E-state index in [1.54, 1.807) is 7.11 Å². The van der Waals surface area contributed by atoms with E-state index in [1.807, 2.05) is 22.9 Å². The largest absolute Gasteiger partial charge is 0.381 e. The van der Waals surface area contributed by atoms with Crippen LogP contribution in [0, 0.1) is 0 Å². The molecule has 0 saturated heterocycles. The number of methoxy groups -OCH3 is 1. The van der Waals surface area contributed by atoms with Gasteiger partial charge in [0, 0.05) is 11.6 Å². The lowest BCUT2D eigenvalue weighted by atomic mass is 9.89. The van der Waals surface area contributed by atoms with Crippen LogP contribution in [0.15, 0.2) is 22.7 Å². The van der Waals surface area contributed by atoms with E-state index in [2.05, 4.69) is 26.2 Å². The second-order valence-electron chi connectivity index (χ2n) is 4.12. The number of rotatable bonds is 2. The van der Waals surface area contributed by atoms with Gasteiger partial charge >= 0.3 is 0 Å². The van der Waals surface area contributed by atoms with Crippen LogP contribution in [-0.2, 0) is 4.74 Å². The Labute approximate surface area is 102 Å². The van der Waals surface area contributed by atoms with Crippen LogP contribution >= 0.6 is 15.9 Å². The molecule has 1 heterocycles. The molecule has 84 valence electrons. The van der Waals surface area contributed by atoms with Gasteiger partial charge in [0.1, 0.15) is 11.0 Å². The second kappa shape index (κ2) is 3.82. The molecule has 1 aliphatic carbocycles. The maximum absolute atomic E-state index is 5.28. The molecule has 1 fully saturated rings. The van der Waals surface area contributed by atoms with Crippen molar-refractivity contribution in [2.45, 2.75) is 25.0 Å². The quantitative estimate of drug-likeness (QED) is 0.849. The minimum Gasteiger partial charge on any atom is -0.381 e. The van der Waals surface area contributed by atoms with E-state index in [0.717, 1.165) is 28.3 Å². The number of aromatic nitrogens is 3. The Morgan fingerprint density at radius 2 is 2.25 bits per heavy atom. The zero-order valence-electron chi connectivity index (χ0n) is 8.93. The summed E-state index contributed by atoms with van der Waals surface area (Å²) in [5.41, 5.74) is 2.03. The van der Waals surface area contributed by atoms with Crippen LogP contribution in [-0.4, -0.2) is 28.2 Å². The number of para-hydroxylation sites is 1. The third-order valence-electron chi connectivity index (χ3n) is 3.19. The number of benzene rings is 1. The maximum Gasteiger partial charge on any atom is 0.114 e. The summed E-state index contributed by atoms with van der Waals surface area (Å²) in [4.78, 5) is 0. The highest BCUT2D eigenvalue weighted by Crippen LogP contribution is 2.36. The molecule has 0 atom stereocenters. The van der Waals surface area contributed by atoms with E-state index >= 15 is 0 Å². The van der Waals surface area contributed by atoms with Crippen molar-refractivity contribution >= 4 is 27.0 Å². The van der Waals surface area contributed by atoms with E-state index in [4.69, 9.17) is 4.74 Å². The molecule has 16 heavy (non-hydrogen) atoms. The fourth-order valence-corrected chi connectivity index (χ4v) is 2.68. The average molecular weight is 282 g/mol. The van der Waals surface area contributed by atoms with Gasteiger partial charge in [-0.05, 0) is 40.9 Å². The molecule has 0 spiro atoms. The van der Waals surface area contributed by atoms with Gasteiger partial charge in [-0.3, -0.25) is 0 Å². The van der Waals surface area contributed by atoms with Gasteiger partial charge in [0.25, 0.3) is 0 Å². The van der Waals surface area contributed by atoms with Crippen molar-refractivity contribution in [3.05, 3.63) is 22.7 Å². The third kappa shape index (κ3) is 1.46. The molecule has 4 nitrogen and oxygen atoms in total. The van der Waals surface area contributed by atoms with E-state index in [9.17, 15) is 0 Å². The Morgan fingerprint density at radius 3 is 3.00 bits per heavy atom. The molecule has 0 radical (unpaired) electrons. The van der Waals surface area contributed by atoms with E-state index in [1.165, 1.54) is 0 Å². The molecular formula is C11H12BrN3O. The molecule has 0 N–H and O–H groups in total. The van der Waals surface area contributed by atoms with Crippen LogP contribution in [0.25, 0.3) is 11.0 Å². The van der Waals surface area contributed by atoms with Gasteiger partial charge in [-0.2, -0.15) is 0 Å². The molecule has 1 saturated carbocycles. The highest BCUT2D eigenvalue weighted by molar-refractivity contribution is 9.10. The van der Waals surface area contributed by atoms with Crippen LogP contribution in [0.5, 0.6) is 0 Å². The number of hydrogen-bond donors (Lipinski definition) is 0. The van der Waals surface area contributed by atoms with Gasteiger partial charge < -0.3 is 4.74 Å². The zero-order chi connectivity index (χ0) is 11.1. The monoisotopic (exact) mass is 281 g/mol. The van der Waals surface area contributed by atoms with E-state index in [-0.39, 0.29) is 0 Å². The van der Waals surface area contributed by atoms with Gasteiger partial charge in [-0.25, -0.2) is 4.68 Å². The number of halogens is 1. The molecule has 0 bridgehead atoms. The van der Waals surface area contributed by atoms with Gasteiger partial charge in [-0.1, -0.05) is 11.3 Å². The molecule has 1 aromatic heterocycles. The van der Waals surface area contributed by atoms with Crippen molar-refractivity contribution in [1.82, 2.24) is 15.0 Å². The Bertz CT molecular complexity index is 519. The van der Waals surface area contributed by atoms with Crippen molar-refractivity contribution < 1.29 is 4.74 Å². The van der Waals surface area contributed by atoms with Crippen molar-refractivity contribution in [3.8, 4) is 0 Å². The van der Waals surface area contributed by atoms with Crippen LogP contribution < -0.4 is 0 Å². The molecule has 0 aliphatic heterocycles. The first-order chi connectivity index (χ1) is 7.79. The SMILES string of the molecule is COC1CC(n2nnc3cccc(Br)c32)C1. The van der Waals surface area contributed by atoms with Crippen LogP contribution in [0.4, 0.5) is 0 Å². The zero-order valence-corrected chi connectivity index (χ0v) is 10.5. The molecular weight excluding hydrogens is 270 g/mol. The predicted octanol–water partition coefficient (Wildman–Crippen LogP) is 2.54. The van der Waals surface area contributed by atoms with E-state index in [0.29, 0.717) is 12.1 Å². The molecule has 1 aliphatic rings. The van der Waals surface area contributed by atoms with Crippen LogP contribution in [0.2, 0.25) is 0 Å². The standard InChI is InChI=1S/C11H12BrN3O/c1-16-8-5-7(6-8)15-11-9(12)3-2-4-10(11)13-14-15/h2-4,7-8H,5-6H2,1H3. The topological polar surface area (TPSA) is 39.9 Å². The molecule has 5 heteroatoms. The minimum absolute atomic E-state index is 0.381. The number of fused-ring (bicyclic) bond motifs is 1. The summed E-state index contributed by atoms with van der Waals surface area (Å²) in [6.45, 7) is 0. The summed E-state index contributed by atoms with van der Waals surface area (Å²) in [5.74, 6) is 0. The molecule has 0 unspecified atom stereocenters. The smallest absolute Gasteiger partial charge is 0.114 e. The number of hydrogen-bond acceptors (Lipinski definition) is 3. The lowest BCUT2D eigenvalue weighted by molar-refractivity contribution is 0.00329. The fraction of sp³-hybridized carbons (Fsp3) is 0.455. The summed E-state index contributed by atoms with van der Waals surface area (Å²) in [7, 11) is 1.76. The Hall–Kier alpha value is -0.940. The third-order valence-corrected chi connectivity index (χ3v) is 3.83. The molecule has 3 rings (SSSR count). The highest BCUT2D eigenvalue weighted by Gasteiger charge is 2.32. The van der Waals surface area contributed by atoms with Crippen molar-refractivity contribution in [1.29, 1.82) is 0 Å². The summed E-state index contributed by atoms with van der Waals surface area (Å²) in [5, 5.41) is 8.40. The minimum atomic E-state index is 0.381. The van der Waals surface area contributed by atoms with Crippen LogP contribution in [0.3, 0.4) is 0 Å². The second-order valence-corrected chi connectivity index (χ2v) is 4.98. The lowest BCUT2D eigenvalue weighted by Crippen LogP contribution is -2.33. The first-order valence-corrected chi connectivity index (χ1v) is 6.11. The van der Waals surface area contributed by atoms with Crippen molar-refractivity contribution in [2.75, 3.05) is 7.11 Å². The van der Waals surface area contributed by atoms with Gasteiger partial charge in [0.05, 0.1) is 12.1 Å². The first kappa shape index (κ1) is 10.2. The predicted molar refractivity (Wildman–Crippen MR) is 64.3 cm³/mol. The van der Waals surface area contributed by atoms with Gasteiger partial charge in [-0.15, -0.1) is 5.10 Å². The number of ether oxygens (including phenoxy) is 1. The van der Waals surface area contributed by atoms with Gasteiger partial charge in [0.2, 0.25) is 0 Å². The Morgan fingerprint density at radius 1 is 1.44 bits per heavy atom. The molecule has 2 aromatic rings. The average Bonchev–Trinajstić information content (AvgIpc) is 2.62. The maximum atomic E-state index is 5.28. The number of nitrogens with zero attached hydrogens (tertiary/aromatic N) is 3.